The maximum absolute atomic E-state index is 10.6. The third-order valence-electron chi connectivity index (χ3n) is 2.20. The zero-order valence-electron chi connectivity index (χ0n) is 7.77. The fourth-order valence-corrected chi connectivity index (χ4v) is 1.75. The first kappa shape index (κ1) is 9.93. The van der Waals surface area contributed by atoms with Gasteiger partial charge in [0.05, 0.1) is 6.42 Å². The first-order chi connectivity index (χ1) is 7.18. The molecule has 3 nitrogen and oxygen atoms in total. The fourth-order valence-electron chi connectivity index (χ4n) is 1.54. The van der Waals surface area contributed by atoms with Crippen LogP contribution in [0.3, 0.4) is 0 Å². The van der Waals surface area contributed by atoms with Gasteiger partial charge < -0.3 is 5.11 Å². The van der Waals surface area contributed by atoms with Crippen LogP contribution in [0, 0.1) is 0 Å². The van der Waals surface area contributed by atoms with E-state index in [1.807, 2.05) is 0 Å². The van der Waals surface area contributed by atoms with Gasteiger partial charge in [-0.15, -0.1) is 0 Å². The highest BCUT2D eigenvalue weighted by molar-refractivity contribution is 6.35. The highest BCUT2D eigenvalue weighted by Crippen LogP contribution is 2.25. The van der Waals surface area contributed by atoms with Gasteiger partial charge in [-0.1, -0.05) is 17.7 Å². The molecule has 0 fully saturated rings. The molecular formula is C11H8ClNO2. The summed E-state index contributed by atoms with van der Waals surface area (Å²) in [6, 6.07) is 5.21. The summed E-state index contributed by atoms with van der Waals surface area (Å²) in [5, 5.41) is 11.0. The molecule has 0 atom stereocenters. The van der Waals surface area contributed by atoms with Crippen molar-refractivity contribution in [3.05, 3.63) is 41.2 Å². The maximum atomic E-state index is 10.6. The molecule has 0 radical (unpaired) electrons. The number of fused-ring (bicyclic) bond motifs is 1. The van der Waals surface area contributed by atoms with Crippen LogP contribution in [-0.2, 0) is 11.2 Å². The average Bonchev–Trinajstić information content (AvgIpc) is 2.22. The largest absolute Gasteiger partial charge is 0.481 e. The number of pyridine rings is 1. The monoisotopic (exact) mass is 221 g/mol. The molecule has 1 aromatic heterocycles. The van der Waals surface area contributed by atoms with Crippen molar-refractivity contribution in [3.63, 3.8) is 0 Å². The molecule has 15 heavy (non-hydrogen) atoms. The van der Waals surface area contributed by atoms with Crippen LogP contribution in [0.1, 0.15) is 5.56 Å². The number of rotatable bonds is 2. The zero-order chi connectivity index (χ0) is 10.8. The quantitative estimate of drug-likeness (QED) is 0.848. The van der Waals surface area contributed by atoms with Crippen LogP contribution in [0.25, 0.3) is 10.8 Å². The Kier molecular flexibility index (Phi) is 2.56. The van der Waals surface area contributed by atoms with Gasteiger partial charge in [0, 0.05) is 22.8 Å². The van der Waals surface area contributed by atoms with Crippen molar-refractivity contribution < 1.29 is 9.90 Å². The average molecular weight is 222 g/mol. The van der Waals surface area contributed by atoms with Gasteiger partial charge in [0.15, 0.2) is 0 Å². The molecule has 4 heteroatoms. The van der Waals surface area contributed by atoms with E-state index in [0.29, 0.717) is 5.02 Å². The van der Waals surface area contributed by atoms with E-state index < -0.39 is 5.97 Å². The maximum Gasteiger partial charge on any atom is 0.307 e. The number of carboxylic acids is 1. The smallest absolute Gasteiger partial charge is 0.307 e. The normalized spacial score (nSPS) is 10.5. The molecule has 76 valence electrons. The summed E-state index contributed by atoms with van der Waals surface area (Å²) in [7, 11) is 0. The Morgan fingerprint density at radius 1 is 1.33 bits per heavy atom. The van der Waals surface area contributed by atoms with E-state index in [2.05, 4.69) is 4.98 Å². The first-order valence-corrected chi connectivity index (χ1v) is 4.79. The Balaban J connectivity index is 2.66. The number of hydrogen-bond acceptors (Lipinski definition) is 2. The van der Waals surface area contributed by atoms with Crippen molar-refractivity contribution in [1.29, 1.82) is 0 Å². The van der Waals surface area contributed by atoms with E-state index in [1.165, 1.54) is 0 Å². The molecule has 1 heterocycles. The number of aliphatic carboxylic acids is 1. The summed E-state index contributed by atoms with van der Waals surface area (Å²) >= 11 is 5.98. The van der Waals surface area contributed by atoms with Gasteiger partial charge in [-0.2, -0.15) is 0 Å². The summed E-state index contributed by atoms with van der Waals surface area (Å²) in [6.07, 6.45) is 3.27. The topological polar surface area (TPSA) is 50.2 Å². The Hall–Kier alpha value is -1.61. The van der Waals surface area contributed by atoms with E-state index in [4.69, 9.17) is 16.7 Å². The highest BCUT2D eigenvalue weighted by atomic mass is 35.5. The number of nitrogens with zero attached hydrogens (tertiary/aromatic N) is 1. The summed E-state index contributed by atoms with van der Waals surface area (Å²) in [5.41, 5.74) is 0.754. The molecule has 1 aromatic carbocycles. The van der Waals surface area contributed by atoms with Gasteiger partial charge in [0.2, 0.25) is 0 Å². The van der Waals surface area contributed by atoms with Crippen LogP contribution in [0.2, 0.25) is 5.02 Å². The number of halogens is 1. The SMILES string of the molecule is O=C(O)Cc1ccc(Cl)c2cnccc12. The molecule has 1 N–H and O–H groups in total. The van der Waals surface area contributed by atoms with E-state index in [-0.39, 0.29) is 6.42 Å². The molecule has 0 unspecified atom stereocenters. The van der Waals surface area contributed by atoms with Gasteiger partial charge in [0.25, 0.3) is 0 Å². The number of aromatic nitrogens is 1. The molecular weight excluding hydrogens is 214 g/mol. The molecule has 0 saturated heterocycles. The second-order valence-electron chi connectivity index (χ2n) is 3.20. The molecule has 2 rings (SSSR count). The van der Waals surface area contributed by atoms with Crippen molar-refractivity contribution in [1.82, 2.24) is 4.98 Å². The minimum Gasteiger partial charge on any atom is -0.481 e. The third-order valence-corrected chi connectivity index (χ3v) is 2.53. The zero-order valence-corrected chi connectivity index (χ0v) is 8.53. The Bertz CT molecular complexity index is 525. The molecule has 0 aliphatic carbocycles. The molecule has 0 bridgehead atoms. The first-order valence-electron chi connectivity index (χ1n) is 4.41. The van der Waals surface area contributed by atoms with Gasteiger partial charge in [-0.25, -0.2) is 0 Å². The van der Waals surface area contributed by atoms with Crippen LogP contribution >= 0.6 is 11.6 Å². The number of carbonyl (C=O) groups is 1. The predicted molar refractivity (Wildman–Crippen MR) is 58.1 cm³/mol. The predicted octanol–water partition coefficient (Wildman–Crippen LogP) is 2.52. The standard InChI is InChI=1S/C11H8ClNO2/c12-10-2-1-7(5-11(14)15)8-3-4-13-6-9(8)10/h1-4,6H,5H2,(H,14,15). The molecule has 2 aromatic rings. The number of carboxylic acid groups (broad SMARTS) is 1. The van der Waals surface area contributed by atoms with Crippen molar-refractivity contribution >= 4 is 28.3 Å². The van der Waals surface area contributed by atoms with Crippen LogP contribution in [0.15, 0.2) is 30.6 Å². The number of benzene rings is 1. The highest BCUT2D eigenvalue weighted by Gasteiger charge is 2.07. The van der Waals surface area contributed by atoms with Crippen molar-refractivity contribution in [3.8, 4) is 0 Å². The Labute approximate surface area is 91.3 Å². The molecule has 0 aliphatic heterocycles. The second kappa shape index (κ2) is 3.87. The van der Waals surface area contributed by atoms with Crippen LogP contribution in [0.4, 0.5) is 0 Å². The van der Waals surface area contributed by atoms with Gasteiger partial charge >= 0.3 is 5.97 Å². The van der Waals surface area contributed by atoms with Crippen LogP contribution < -0.4 is 0 Å². The summed E-state index contributed by atoms with van der Waals surface area (Å²) < 4.78 is 0. The Morgan fingerprint density at radius 3 is 2.87 bits per heavy atom. The molecule has 0 amide bonds. The van der Waals surface area contributed by atoms with E-state index in [1.54, 1.807) is 30.6 Å². The van der Waals surface area contributed by atoms with Crippen molar-refractivity contribution in [2.45, 2.75) is 6.42 Å². The summed E-state index contributed by atoms with van der Waals surface area (Å²) in [5.74, 6) is -0.851. The molecule has 0 spiro atoms. The lowest BCUT2D eigenvalue weighted by molar-refractivity contribution is -0.136. The van der Waals surface area contributed by atoms with E-state index in [0.717, 1.165) is 16.3 Å². The van der Waals surface area contributed by atoms with Gasteiger partial charge in [0.1, 0.15) is 0 Å². The molecule has 0 saturated carbocycles. The summed E-state index contributed by atoms with van der Waals surface area (Å²) in [4.78, 5) is 14.6. The lowest BCUT2D eigenvalue weighted by atomic mass is 10.0. The Morgan fingerprint density at radius 2 is 2.13 bits per heavy atom. The van der Waals surface area contributed by atoms with E-state index in [9.17, 15) is 4.79 Å². The van der Waals surface area contributed by atoms with E-state index >= 15 is 0 Å². The fraction of sp³-hybridized carbons (Fsp3) is 0.0909. The van der Waals surface area contributed by atoms with Crippen molar-refractivity contribution in [2.75, 3.05) is 0 Å². The second-order valence-corrected chi connectivity index (χ2v) is 3.61. The minimum absolute atomic E-state index is 0.00230. The van der Waals surface area contributed by atoms with Crippen LogP contribution in [-0.4, -0.2) is 16.1 Å². The lowest BCUT2D eigenvalue weighted by Gasteiger charge is -2.04. The van der Waals surface area contributed by atoms with Crippen LogP contribution in [0.5, 0.6) is 0 Å². The third kappa shape index (κ3) is 1.92. The minimum atomic E-state index is -0.851. The molecule has 0 aliphatic rings. The lowest BCUT2D eigenvalue weighted by Crippen LogP contribution is -2.00. The van der Waals surface area contributed by atoms with Gasteiger partial charge in [-0.05, 0) is 23.1 Å². The summed E-state index contributed by atoms with van der Waals surface area (Å²) in [6.45, 7) is 0. The van der Waals surface area contributed by atoms with Crippen molar-refractivity contribution in [2.24, 2.45) is 0 Å². The number of hydrogen-bond donors (Lipinski definition) is 1. The van der Waals surface area contributed by atoms with Gasteiger partial charge in [-0.3, -0.25) is 9.78 Å².